The smallest absolute Gasteiger partial charge is 0.185 e. The standard InChI is InChI=1S/C19H26ClN3OS/c20-17-5-7-18(8-6-17)24-15-4-2-1-3-10-22-11-13-23(14-12-22)19-21-9-16-25-19/h5-9,16H,1-4,10-15H2. The molecule has 1 aromatic heterocycles. The lowest BCUT2D eigenvalue weighted by molar-refractivity contribution is 0.249. The molecular weight excluding hydrogens is 354 g/mol. The minimum Gasteiger partial charge on any atom is -0.494 e. The fourth-order valence-electron chi connectivity index (χ4n) is 3.05. The molecule has 25 heavy (non-hydrogen) atoms. The van der Waals surface area contributed by atoms with Gasteiger partial charge in [0, 0.05) is 42.8 Å². The first-order valence-electron chi connectivity index (χ1n) is 9.06. The molecule has 0 unspecified atom stereocenters. The third kappa shape index (κ3) is 6.17. The highest BCUT2D eigenvalue weighted by Crippen LogP contribution is 2.19. The van der Waals surface area contributed by atoms with Crippen LogP contribution in [0.2, 0.25) is 5.02 Å². The number of nitrogens with zero attached hydrogens (tertiary/aromatic N) is 3. The quantitative estimate of drug-likeness (QED) is 0.597. The SMILES string of the molecule is Clc1ccc(OCCCCCCN2CCN(c3nccs3)CC2)cc1. The van der Waals surface area contributed by atoms with Crippen LogP contribution >= 0.6 is 22.9 Å². The van der Waals surface area contributed by atoms with Crippen LogP contribution in [0, 0.1) is 0 Å². The second-order valence-electron chi connectivity index (χ2n) is 6.36. The molecule has 0 radical (unpaired) electrons. The minimum absolute atomic E-state index is 0.750. The van der Waals surface area contributed by atoms with Gasteiger partial charge < -0.3 is 9.64 Å². The second-order valence-corrected chi connectivity index (χ2v) is 7.67. The molecule has 0 saturated carbocycles. The molecule has 2 heterocycles. The second kappa shape index (κ2) is 10.00. The first kappa shape index (κ1) is 18.5. The summed E-state index contributed by atoms with van der Waals surface area (Å²) in [7, 11) is 0. The average Bonchev–Trinajstić information content (AvgIpc) is 3.18. The van der Waals surface area contributed by atoms with Crippen LogP contribution in [-0.2, 0) is 0 Å². The number of benzene rings is 1. The first-order valence-corrected chi connectivity index (χ1v) is 10.3. The van der Waals surface area contributed by atoms with E-state index in [0.717, 1.165) is 50.0 Å². The van der Waals surface area contributed by atoms with Crippen LogP contribution in [0.4, 0.5) is 5.13 Å². The topological polar surface area (TPSA) is 28.6 Å². The van der Waals surface area contributed by atoms with E-state index in [-0.39, 0.29) is 0 Å². The maximum atomic E-state index is 5.86. The molecule has 2 aromatic rings. The van der Waals surface area contributed by atoms with Crippen LogP contribution in [0.1, 0.15) is 25.7 Å². The molecule has 1 aromatic carbocycles. The molecule has 1 saturated heterocycles. The van der Waals surface area contributed by atoms with E-state index in [1.165, 1.54) is 30.9 Å². The molecule has 1 aliphatic heterocycles. The van der Waals surface area contributed by atoms with E-state index < -0.39 is 0 Å². The van der Waals surface area contributed by atoms with Crippen molar-refractivity contribution in [3.8, 4) is 5.75 Å². The summed E-state index contributed by atoms with van der Waals surface area (Å²) < 4.78 is 5.73. The Balaban J connectivity index is 1.20. The van der Waals surface area contributed by atoms with Crippen LogP contribution in [-0.4, -0.2) is 49.2 Å². The largest absolute Gasteiger partial charge is 0.494 e. The molecule has 4 nitrogen and oxygen atoms in total. The van der Waals surface area contributed by atoms with Gasteiger partial charge in [0.1, 0.15) is 5.75 Å². The van der Waals surface area contributed by atoms with Crippen molar-refractivity contribution in [2.75, 3.05) is 44.2 Å². The molecular formula is C19H26ClN3OS. The van der Waals surface area contributed by atoms with Gasteiger partial charge in [-0.05, 0) is 43.7 Å². The number of ether oxygens (including phenoxy) is 1. The lowest BCUT2D eigenvalue weighted by atomic mass is 10.2. The van der Waals surface area contributed by atoms with E-state index in [1.807, 2.05) is 30.5 Å². The van der Waals surface area contributed by atoms with Crippen LogP contribution in [0.15, 0.2) is 35.8 Å². The summed E-state index contributed by atoms with van der Waals surface area (Å²) in [5, 5.41) is 3.97. The molecule has 0 N–H and O–H groups in total. The molecule has 0 amide bonds. The van der Waals surface area contributed by atoms with Crippen molar-refractivity contribution in [2.24, 2.45) is 0 Å². The summed E-state index contributed by atoms with van der Waals surface area (Å²) in [6.45, 7) is 6.50. The fourth-order valence-corrected chi connectivity index (χ4v) is 3.87. The van der Waals surface area contributed by atoms with E-state index in [9.17, 15) is 0 Å². The zero-order valence-corrected chi connectivity index (χ0v) is 16.1. The molecule has 1 fully saturated rings. The summed E-state index contributed by atoms with van der Waals surface area (Å²) in [5.41, 5.74) is 0. The highest BCUT2D eigenvalue weighted by molar-refractivity contribution is 7.13. The highest BCUT2D eigenvalue weighted by Gasteiger charge is 2.17. The summed E-state index contributed by atoms with van der Waals surface area (Å²) >= 11 is 7.60. The van der Waals surface area contributed by atoms with Gasteiger partial charge in [0.2, 0.25) is 0 Å². The van der Waals surface area contributed by atoms with E-state index in [1.54, 1.807) is 11.3 Å². The summed E-state index contributed by atoms with van der Waals surface area (Å²) in [5.74, 6) is 0.905. The van der Waals surface area contributed by atoms with Crippen molar-refractivity contribution < 1.29 is 4.74 Å². The van der Waals surface area contributed by atoms with Crippen LogP contribution in [0.5, 0.6) is 5.75 Å². The number of anilines is 1. The Kier molecular flexibility index (Phi) is 7.39. The van der Waals surface area contributed by atoms with Gasteiger partial charge in [-0.1, -0.05) is 24.4 Å². The van der Waals surface area contributed by atoms with Gasteiger partial charge in [-0.3, -0.25) is 4.90 Å². The Morgan fingerprint density at radius 1 is 1.00 bits per heavy atom. The summed E-state index contributed by atoms with van der Waals surface area (Å²) in [4.78, 5) is 9.38. The van der Waals surface area contributed by atoms with Gasteiger partial charge >= 0.3 is 0 Å². The monoisotopic (exact) mass is 379 g/mol. The van der Waals surface area contributed by atoms with Gasteiger partial charge in [-0.2, -0.15) is 0 Å². The Hall–Kier alpha value is -1.30. The number of unbranched alkanes of at least 4 members (excludes halogenated alkanes) is 3. The van der Waals surface area contributed by atoms with Crippen molar-refractivity contribution in [1.82, 2.24) is 9.88 Å². The van der Waals surface area contributed by atoms with Gasteiger partial charge in [0.05, 0.1) is 6.61 Å². The lowest BCUT2D eigenvalue weighted by Crippen LogP contribution is -2.46. The van der Waals surface area contributed by atoms with E-state index in [0.29, 0.717) is 0 Å². The number of hydrogen-bond acceptors (Lipinski definition) is 5. The fraction of sp³-hybridized carbons (Fsp3) is 0.526. The minimum atomic E-state index is 0.750. The maximum absolute atomic E-state index is 5.86. The van der Waals surface area contributed by atoms with E-state index >= 15 is 0 Å². The highest BCUT2D eigenvalue weighted by atomic mass is 35.5. The van der Waals surface area contributed by atoms with Crippen molar-refractivity contribution in [1.29, 1.82) is 0 Å². The third-order valence-electron chi connectivity index (χ3n) is 4.51. The number of piperazine rings is 1. The predicted octanol–water partition coefficient (Wildman–Crippen LogP) is 4.56. The van der Waals surface area contributed by atoms with Crippen molar-refractivity contribution in [3.05, 3.63) is 40.9 Å². The Morgan fingerprint density at radius 3 is 2.48 bits per heavy atom. The van der Waals surface area contributed by atoms with Crippen LogP contribution in [0.25, 0.3) is 0 Å². The zero-order valence-electron chi connectivity index (χ0n) is 14.6. The molecule has 0 bridgehead atoms. The zero-order chi connectivity index (χ0) is 17.3. The van der Waals surface area contributed by atoms with E-state index in [2.05, 4.69) is 20.2 Å². The van der Waals surface area contributed by atoms with Gasteiger partial charge in [0.15, 0.2) is 5.13 Å². The summed E-state index contributed by atoms with van der Waals surface area (Å²) in [6, 6.07) is 7.58. The first-order chi connectivity index (χ1) is 12.3. The van der Waals surface area contributed by atoms with E-state index in [4.69, 9.17) is 16.3 Å². The van der Waals surface area contributed by atoms with Crippen LogP contribution in [0.3, 0.4) is 0 Å². The number of hydrogen-bond donors (Lipinski definition) is 0. The van der Waals surface area contributed by atoms with Gasteiger partial charge in [-0.15, -0.1) is 11.3 Å². The molecule has 3 rings (SSSR count). The third-order valence-corrected chi connectivity index (χ3v) is 5.60. The summed E-state index contributed by atoms with van der Waals surface area (Å²) in [6.07, 6.45) is 6.78. The lowest BCUT2D eigenvalue weighted by Gasteiger charge is -2.34. The molecule has 6 heteroatoms. The Bertz CT molecular complexity index is 598. The van der Waals surface area contributed by atoms with Crippen molar-refractivity contribution in [2.45, 2.75) is 25.7 Å². The average molecular weight is 380 g/mol. The predicted molar refractivity (Wildman–Crippen MR) is 106 cm³/mol. The van der Waals surface area contributed by atoms with Crippen molar-refractivity contribution in [3.63, 3.8) is 0 Å². The van der Waals surface area contributed by atoms with Crippen LogP contribution < -0.4 is 9.64 Å². The Labute approximate surface area is 159 Å². The van der Waals surface area contributed by atoms with Crippen molar-refractivity contribution >= 4 is 28.1 Å². The molecule has 136 valence electrons. The number of aromatic nitrogens is 1. The normalized spacial score (nSPS) is 15.5. The molecule has 1 aliphatic rings. The van der Waals surface area contributed by atoms with Gasteiger partial charge in [0.25, 0.3) is 0 Å². The molecule has 0 aliphatic carbocycles. The maximum Gasteiger partial charge on any atom is 0.185 e. The Morgan fingerprint density at radius 2 is 1.76 bits per heavy atom. The molecule has 0 atom stereocenters. The molecule has 0 spiro atoms. The van der Waals surface area contributed by atoms with Gasteiger partial charge in [-0.25, -0.2) is 4.98 Å². The number of thiazole rings is 1. The number of halogens is 1. The number of rotatable bonds is 9.